The maximum atomic E-state index is 10.8. The lowest BCUT2D eigenvalue weighted by atomic mass is 10.1. The molecule has 0 aliphatic rings. The van der Waals surface area contributed by atoms with Gasteiger partial charge >= 0.3 is 0 Å². The number of H-pyrrole nitrogens is 1. The molecular weight excluding hydrogens is 196 g/mol. The molecule has 5 nitrogen and oxygen atoms in total. The van der Waals surface area contributed by atoms with Crippen molar-refractivity contribution in [3.63, 3.8) is 0 Å². The van der Waals surface area contributed by atoms with Gasteiger partial charge in [0.2, 0.25) is 0 Å². The van der Waals surface area contributed by atoms with Crippen LogP contribution in [-0.4, -0.2) is 16.2 Å². The van der Waals surface area contributed by atoms with Crippen molar-refractivity contribution in [1.82, 2.24) is 4.98 Å². The summed E-state index contributed by atoms with van der Waals surface area (Å²) in [5, 5.41) is 11.3. The van der Waals surface area contributed by atoms with Crippen molar-refractivity contribution in [2.75, 3.05) is 0 Å². The zero-order valence-corrected chi connectivity index (χ0v) is 7.98. The largest absolute Gasteiger partial charge is 0.352 e. The summed E-state index contributed by atoms with van der Waals surface area (Å²) in [6.45, 7) is 1.69. The van der Waals surface area contributed by atoms with Crippen molar-refractivity contribution in [2.24, 2.45) is 0 Å². The van der Waals surface area contributed by atoms with Gasteiger partial charge in [-0.3, -0.25) is 14.9 Å². The fourth-order valence-electron chi connectivity index (χ4n) is 1.68. The molecule has 1 N–H and O–H groups in total. The standard InChI is InChI=1S/C10H8N2O3/c1-6-8(5-13)11-7-3-2-4-9(10(6)7)12(14)15/h2-5,11H,1H3. The Bertz CT molecular complexity index is 557. The SMILES string of the molecule is Cc1c(C=O)[nH]c2cccc([N+](=O)[O-])c12. The number of aryl methyl sites for hydroxylation is 1. The Morgan fingerprint density at radius 3 is 2.80 bits per heavy atom. The summed E-state index contributed by atoms with van der Waals surface area (Å²) in [6, 6.07) is 4.73. The van der Waals surface area contributed by atoms with Crippen molar-refractivity contribution in [1.29, 1.82) is 0 Å². The summed E-state index contributed by atoms with van der Waals surface area (Å²) in [6.07, 6.45) is 0.666. The smallest absolute Gasteiger partial charge is 0.279 e. The van der Waals surface area contributed by atoms with E-state index in [1.54, 1.807) is 19.1 Å². The van der Waals surface area contributed by atoms with Crippen LogP contribution in [0.4, 0.5) is 5.69 Å². The Hall–Kier alpha value is -2.17. The molecule has 15 heavy (non-hydrogen) atoms. The normalized spacial score (nSPS) is 10.5. The van der Waals surface area contributed by atoms with E-state index in [-0.39, 0.29) is 5.69 Å². The highest BCUT2D eigenvalue weighted by Gasteiger charge is 2.17. The van der Waals surface area contributed by atoms with Crippen LogP contribution < -0.4 is 0 Å². The summed E-state index contributed by atoms with van der Waals surface area (Å²) in [4.78, 5) is 23.8. The number of nitrogens with one attached hydrogen (secondary N) is 1. The molecule has 0 atom stereocenters. The number of nitrogens with zero attached hydrogens (tertiary/aromatic N) is 1. The van der Waals surface area contributed by atoms with Crippen LogP contribution in [0.1, 0.15) is 16.1 Å². The molecule has 0 bridgehead atoms. The first-order chi connectivity index (χ1) is 7.15. The number of carbonyl (C=O) groups is 1. The predicted octanol–water partition coefficient (Wildman–Crippen LogP) is 2.20. The van der Waals surface area contributed by atoms with E-state index in [0.29, 0.717) is 28.4 Å². The molecule has 0 amide bonds. The fourth-order valence-corrected chi connectivity index (χ4v) is 1.68. The first-order valence-electron chi connectivity index (χ1n) is 4.36. The molecule has 0 aliphatic carbocycles. The van der Waals surface area contributed by atoms with Gasteiger partial charge < -0.3 is 4.98 Å². The lowest BCUT2D eigenvalue weighted by molar-refractivity contribution is -0.383. The second-order valence-electron chi connectivity index (χ2n) is 3.24. The molecule has 0 saturated carbocycles. The minimum atomic E-state index is -0.447. The van der Waals surface area contributed by atoms with Gasteiger partial charge in [-0.2, -0.15) is 0 Å². The molecule has 2 aromatic rings. The first-order valence-corrected chi connectivity index (χ1v) is 4.36. The molecule has 1 heterocycles. The Balaban J connectivity index is 2.90. The van der Waals surface area contributed by atoms with Crippen LogP contribution in [0.25, 0.3) is 10.9 Å². The number of hydrogen-bond acceptors (Lipinski definition) is 3. The third-order valence-electron chi connectivity index (χ3n) is 2.41. The van der Waals surface area contributed by atoms with Gasteiger partial charge in [0.15, 0.2) is 6.29 Å². The molecule has 0 fully saturated rings. The molecule has 2 rings (SSSR count). The van der Waals surface area contributed by atoms with Crippen molar-refractivity contribution in [3.05, 3.63) is 39.6 Å². The number of aromatic amines is 1. The third kappa shape index (κ3) is 1.28. The van der Waals surface area contributed by atoms with Gasteiger partial charge in [0.1, 0.15) is 0 Å². The average molecular weight is 204 g/mol. The van der Waals surface area contributed by atoms with Crippen molar-refractivity contribution >= 4 is 22.9 Å². The van der Waals surface area contributed by atoms with Crippen LogP contribution >= 0.6 is 0 Å². The van der Waals surface area contributed by atoms with Crippen LogP contribution in [-0.2, 0) is 0 Å². The highest BCUT2D eigenvalue weighted by atomic mass is 16.6. The lowest BCUT2D eigenvalue weighted by Crippen LogP contribution is -1.89. The number of fused-ring (bicyclic) bond motifs is 1. The summed E-state index contributed by atoms with van der Waals surface area (Å²) in [5.74, 6) is 0. The van der Waals surface area contributed by atoms with E-state index in [0.717, 1.165) is 0 Å². The number of benzene rings is 1. The van der Waals surface area contributed by atoms with E-state index >= 15 is 0 Å². The van der Waals surface area contributed by atoms with Gasteiger partial charge in [-0.15, -0.1) is 0 Å². The molecule has 0 unspecified atom stereocenters. The molecule has 5 heteroatoms. The van der Waals surface area contributed by atoms with Crippen LogP contribution in [0.3, 0.4) is 0 Å². The quantitative estimate of drug-likeness (QED) is 0.462. The minimum absolute atomic E-state index is 0.0225. The maximum Gasteiger partial charge on any atom is 0.279 e. The zero-order chi connectivity index (χ0) is 11.0. The topological polar surface area (TPSA) is 76.0 Å². The van der Waals surface area contributed by atoms with Gasteiger partial charge in [0, 0.05) is 6.07 Å². The van der Waals surface area contributed by atoms with Crippen LogP contribution in [0.15, 0.2) is 18.2 Å². The predicted molar refractivity (Wildman–Crippen MR) is 55.1 cm³/mol. The average Bonchev–Trinajstić information content (AvgIpc) is 2.55. The maximum absolute atomic E-state index is 10.8. The summed E-state index contributed by atoms with van der Waals surface area (Å²) in [5.41, 5.74) is 1.64. The monoisotopic (exact) mass is 204 g/mol. The van der Waals surface area contributed by atoms with E-state index in [2.05, 4.69) is 4.98 Å². The molecule has 0 spiro atoms. The number of nitro benzene ring substituents is 1. The van der Waals surface area contributed by atoms with Gasteiger partial charge in [0.05, 0.1) is 21.5 Å². The summed E-state index contributed by atoms with van der Waals surface area (Å²) < 4.78 is 0. The summed E-state index contributed by atoms with van der Waals surface area (Å²) in [7, 11) is 0. The number of non-ortho nitro benzene ring substituents is 1. The second kappa shape index (κ2) is 3.20. The number of aromatic nitrogens is 1. The van der Waals surface area contributed by atoms with E-state index in [4.69, 9.17) is 0 Å². The van der Waals surface area contributed by atoms with Crippen LogP contribution in [0.5, 0.6) is 0 Å². The van der Waals surface area contributed by atoms with Gasteiger partial charge in [-0.05, 0) is 18.6 Å². The van der Waals surface area contributed by atoms with E-state index < -0.39 is 4.92 Å². The lowest BCUT2D eigenvalue weighted by Gasteiger charge is -1.94. The second-order valence-corrected chi connectivity index (χ2v) is 3.24. The number of nitro groups is 1. The molecule has 1 aromatic heterocycles. The van der Waals surface area contributed by atoms with Crippen molar-refractivity contribution in [2.45, 2.75) is 6.92 Å². The zero-order valence-electron chi connectivity index (χ0n) is 7.98. The van der Waals surface area contributed by atoms with E-state index in [1.165, 1.54) is 6.07 Å². The number of hydrogen-bond donors (Lipinski definition) is 1. The fraction of sp³-hybridized carbons (Fsp3) is 0.100. The van der Waals surface area contributed by atoms with Crippen LogP contribution in [0, 0.1) is 17.0 Å². The Kier molecular flexibility index (Phi) is 2.00. The summed E-state index contributed by atoms with van der Waals surface area (Å²) >= 11 is 0. The molecule has 1 aromatic carbocycles. The highest BCUT2D eigenvalue weighted by molar-refractivity contribution is 5.97. The number of rotatable bonds is 2. The Morgan fingerprint density at radius 2 is 2.20 bits per heavy atom. The highest BCUT2D eigenvalue weighted by Crippen LogP contribution is 2.29. The Morgan fingerprint density at radius 1 is 1.47 bits per heavy atom. The van der Waals surface area contributed by atoms with Gasteiger partial charge in [0.25, 0.3) is 5.69 Å². The molecule has 0 saturated heterocycles. The molecule has 0 aliphatic heterocycles. The minimum Gasteiger partial charge on any atom is -0.352 e. The molecule has 0 radical (unpaired) electrons. The van der Waals surface area contributed by atoms with Gasteiger partial charge in [-0.25, -0.2) is 0 Å². The molecule has 76 valence electrons. The Labute approximate surface area is 84.9 Å². The van der Waals surface area contributed by atoms with E-state index in [1.807, 2.05) is 0 Å². The number of aldehydes is 1. The third-order valence-corrected chi connectivity index (χ3v) is 2.41. The van der Waals surface area contributed by atoms with Crippen molar-refractivity contribution < 1.29 is 9.72 Å². The van der Waals surface area contributed by atoms with Gasteiger partial charge in [-0.1, -0.05) is 6.07 Å². The first kappa shape index (κ1) is 9.39. The van der Waals surface area contributed by atoms with E-state index in [9.17, 15) is 14.9 Å². The molecular formula is C10H8N2O3. The van der Waals surface area contributed by atoms with Crippen molar-refractivity contribution in [3.8, 4) is 0 Å². The van der Waals surface area contributed by atoms with Crippen LogP contribution in [0.2, 0.25) is 0 Å². The number of carbonyl (C=O) groups excluding carboxylic acids is 1.